The summed E-state index contributed by atoms with van der Waals surface area (Å²) in [5.41, 5.74) is 2.94. The molecule has 2 amide bonds. The van der Waals surface area contributed by atoms with Gasteiger partial charge in [-0.25, -0.2) is 0 Å². The van der Waals surface area contributed by atoms with E-state index in [1.807, 2.05) is 17.9 Å². The van der Waals surface area contributed by atoms with Crippen LogP contribution < -0.4 is 10.6 Å². The van der Waals surface area contributed by atoms with Crippen molar-refractivity contribution < 1.29 is 9.59 Å². The molecule has 0 radical (unpaired) electrons. The molecule has 0 aromatic heterocycles. The summed E-state index contributed by atoms with van der Waals surface area (Å²) in [6.45, 7) is 5.80. The highest BCUT2D eigenvalue weighted by molar-refractivity contribution is 9.10. The summed E-state index contributed by atoms with van der Waals surface area (Å²) < 4.78 is 0.868. The van der Waals surface area contributed by atoms with Gasteiger partial charge in [0.15, 0.2) is 5.11 Å². The van der Waals surface area contributed by atoms with Crippen molar-refractivity contribution in [3.63, 3.8) is 0 Å². The van der Waals surface area contributed by atoms with E-state index >= 15 is 0 Å². The van der Waals surface area contributed by atoms with Crippen LogP contribution in [0.5, 0.6) is 0 Å². The lowest BCUT2D eigenvalue weighted by Crippen LogP contribution is -2.37. The largest absolute Gasteiger partial charge is 0.339 e. The number of likely N-dealkylation sites (tertiary alicyclic amines) is 1. The molecule has 7 heteroatoms. The van der Waals surface area contributed by atoms with E-state index in [4.69, 9.17) is 12.2 Å². The predicted molar refractivity (Wildman–Crippen MR) is 123 cm³/mol. The monoisotopic (exact) mass is 473 g/mol. The maximum Gasteiger partial charge on any atom is 0.257 e. The number of carbonyl (C=O) groups is 2. The van der Waals surface area contributed by atoms with Gasteiger partial charge in [0.25, 0.3) is 11.8 Å². The van der Waals surface area contributed by atoms with Gasteiger partial charge in [-0.3, -0.25) is 14.9 Å². The van der Waals surface area contributed by atoms with Crippen molar-refractivity contribution >= 4 is 50.8 Å². The zero-order valence-electron chi connectivity index (χ0n) is 16.5. The van der Waals surface area contributed by atoms with Gasteiger partial charge in [-0.15, -0.1) is 0 Å². The number of rotatable bonds is 3. The van der Waals surface area contributed by atoms with Gasteiger partial charge >= 0.3 is 0 Å². The van der Waals surface area contributed by atoms with Gasteiger partial charge in [-0.2, -0.15) is 0 Å². The molecule has 1 aliphatic heterocycles. The number of benzene rings is 2. The second-order valence-electron chi connectivity index (χ2n) is 7.42. The average Bonchev–Trinajstić information content (AvgIpc) is 2.70. The third-order valence-corrected chi connectivity index (χ3v) is 6.18. The lowest BCUT2D eigenvalue weighted by molar-refractivity contribution is 0.0697. The molecular weight excluding hydrogens is 450 g/mol. The summed E-state index contributed by atoms with van der Waals surface area (Å²) in [6, 6.07) is 12.5. The number of hydrogen-bond donors (Lipinski definition) is 2. The Hall–Kier alpha value is -2.25. The topological polar surface area (TPSA) is 61.4 Å². The molecule has 0 bridgehead atoms. The number of carbonyl (C=O) groups excluding carboxylic acids is 2. The van der Waals surface area contributed by atoms with Crippen LogP contribution in [0.3, 0.4) is 0 Å². The Morgan fingerprint density at radius 1 is 1.07 bits per heavy atom. The van der Waals surface area contributed by atoms with Crippen LogP contribution in [0.2, 0.25) is 0 Å². The summed E-state index contributed by atoms with van der Waals surface area (Å²) in [4.78, 5) is 26.9. The average molecular weight is 474 g/mol. The van der Waals surface area contributed by atoms with Crippen LogP contribution in [-0.2, 0) is 0 Å². The minimum atomic E-state index is -0.283. The molecule has 1 aliphatic rings. The third kappa shape index (κ3) is 5.64. The van der Waals surface area contributed by atoms with E-state index in [-0.39, 0.29) is 16.9 Å². The summed E-state index contributed by atoms with van der Waals surface area (Å²) in [5.74, 6) is 0.460. The molecule has 3 rings (SSSR count). The Bertz CT molecular complexity index is 922. The zero-order chi connectivity index (χ0) is 21.0. The molecule has 0 aliphatic carbocycles. The van der Waals surface area contributed by atoms with Gasteiger partial charge in [0.2, 0.25) is 0 Å². The fourth-order valence-corrected chi connectivity index (χ4v) is 3.75. The molecule has 0 unspecified atom stereocenters. The number of nitrogens with zero attached hydrogens (tertiary/aromatic N) is 1. The first-order valence-corrected chi connectivity index (χ1v) is 10.8. The Balaban J connectivity index is 1.56. The number of piperidine rings is 1. The van der Waals surface area contributed by atoms with E-state index in [0.29, 0.717) is 22.7 Å². The van der Waals surface area contributed by atoms with Crippen molar-refractivity contribution in [1.29, 1.82) is 0 Å². The summed E-state index contributed by atoms with van der Waals surface area (Å²) in [5, 5.41) is 5.86. The second-order valence-corrected chi connectivity index (χ2v) is 8.69. The van der Waals surface area contributed by atoms with E-state index in [2.05, 4.69) is 33.5 Å². The normalized spacial score (nSPS) is 14.4. The molecule has 2 aromatic carbocycles. The smallest absolute Gasteiger partial charge is 0.257 e. The molecule has 0 saturated carbocycles. The van der Waals surface area contributed by atoms with Gasteiger partial charge in [0.05, 0.1) is 0 Å². The number of thiocarbonyl (C=S) groups is 1. The van der Waals surface area contributed by atoms with Crippen molar-refractivity contribution in [2.75, 3.05) is 18.4 Å². The summed E-state index contributed by atoms with van der Waals surface area (Å²) >= 11 is 8.66. The molecule has 29 heavy (non-hydrogen) atoms. The number of anilines is 1. The number of hydrogen-bond acceptors (Lipinski definition) is 3. The minimum absolute atomic E-state index is 0.0595. The highest BCUT2D eigenvalue weighted by atomic mass is 79.9. The molecule has 5 nitrogen and oxygen atoms in total. The standard InChI is InChI=1S/C22H24BrN3O2S/c1-14-9-11-26(12-10-14)21(28)16-5-7-18(8-6-16)24-22(29)25-20(27)17-4-3-15(2)19(23)13-17/h3-8,13-14H,9-12H2,1-2H3,(H2,24,25,27,29). The Morgan fingerprint density at radius 3 is 2.31 bits per heavy atom. The fraction of sp³-hybridized carbons (Fsp3) is 0.318. The molecular formula is C22H24BrN3O2S. The van der Waals surface area contributed by atoms with Crippen LogP contribution in [0, 0.1) is 12.8 Å². The van der Waals surface area contributed by atoms with Crippen LogP contribution in [0.4, 0.5) is 5.69 Å². The maximum absolute atomic E-state index is 12.6. The Kier molecular flexibility index (Phi) is 7.03. The number of nitrogens with one attached hydrogen (secondary N) is 2. The molecule has 1 heterocycles. The van der Waals surface area contributed by atoms with Crippen LogP contribution in [0.1, 0.15) is 46.0 Å². The van der Waals surface area contributed by atoms with Crippen LogP contribution in [0.25, 0.3) is 0 Å². The highest BCUT2D eigenvalue weighted by Gasteiger charge is 2.21. The van der Waals surface area contributed by atoms with E-state index in [9.17, 15) is 9.59 Å². The van der Waals surface area contributed by atoms with Gasteiger partial charge in [0.1, 0.15) is 0 Å². The zero-order valence-corrected chi connectivity index (χ0v) is 18.9. The van der Waals surface area contributed by atoms with Crippen LogP contribution >= 0.6 is 28.1 Å². The Labute approximate surface area is 185 Å². The van der Waals surface area contributed by atoms with Crippen molar-refractivity contribution in [3.8, 4) is 0 Å². The molecule has 0 spiro atoms. The molecule has 152 valence electrons. The first kappa shape index (κ1) is 21.5. The van der Waals surface area contributed by atoms with Gasteiger partial charge < -0.3 is 10.2 Å². The van der Waals surface area contributed by atoms with Gasteiger partial charge in [-0.1, -0.05) is 28.9 Å². The molecule has 2 N–H and O–H groups in total. The van der Waals surface area contributed by atoms with Crippen LogP contribution in [0.15, 0.2) is 46.9 Å². The van der Waals surface area contributed by atoms with Crippen molar-refractivity contribution in [2.45, 2.75) is 26.7 Å². The first-order valence-electron chi connectivity index (χ1n) is 9.61. The number of aryl methyl sites for hydroxylation is 1. The molecule has 2 aromatic rings. The maximum atomic E-state index is 12.6. The second kappa shape index (κ2) is 9.50. The Morgan fingerprint density at radius 2 is 1.69 bits per heavy atom. The van der Waals surface area contributed by atoms with E-state index in [1.165, 1.54) is 0 Å². The van der Waals surface area contributed by atoms with Crippen molar-refractivity contribution in [1.82, 2.24) is 10.2 Å². The molecule has 0 atom stereocenters. The van der Waals surface area contributed by atoms with Gasteiger partial charge in [0, 0.05) is 34.4 Å². The molecule has 1 saturated heterocycles. The van der Waals surface area contributed by atoms with E-state index in [0.717, 1.165) is 36.0 Å². The molecule has 1 fully saturated rings. The van der Waals surface area contributed by atoms with E-state index in [1.54, 1.807) is 36.4 Å². The minimum Gasteiger partial charge on any atom is -0.339 e. The number of halogens is 1. The quantitative estimate of drug-likeness (QED) is 0.630. The highest BCUT2D eigenvalue weighted by Crippen LogP contribution is 2.20. The fourth-order valence-electron chi connectivity index (χ4n) is 3.16. The third-order valence-electron chi connectivity index (χ3n) is 5.12. The first-order chi connectivity index (χ1) is 13.8. The van der Waals surface area contributed by atoms with E-state index < -0.39 is 0 Å². The lowest BCUT2D eigenvalue weighted by atomic mass is 9.98. The van der Waals surface area contributed by atoms with Crippen molar-refractivity contribution in [3.05, 3.63) is 63.6 Å². The summed E-state index contributed by atoms with van der Waals surface area (Å²) in [7, 11) is 0. The lowest BCUT2D eigenvalue weighted by Gasteiger charge is -2.30. The van der Waals surface area contributed by atoms with Crippen molar-refractivity contribution in [2.24, 2.45) is 5.92 Å². The summed E-state index contributed by atoms with van der Waals surface area (Å²) in [6.07, 6.45) is 2.10. The SMILES string of the molecule is Cc1ccc(C(=O)NC(=S)Nc2ccc(C(=O)N3CCC(C)CC3)cc2)cc1Br. The van der Waals surface area contributed by atoms with Gasteiger partial charge in [-0.05, 0) is 79.9 Å². The predicted octanol–water partition coefficient (Wildman–Crippen LogP) is 4.76. The van der Waals surface area contributed by atoms with Crippen LogP contribution in [-0.4, -0.2) is 34.9 Å². The number of amides is 2.